The smallest absolute Gasteiger partial charge is 0.487 e. The van der Waals surface area contributed by atoms with E-state index in [0.29, 0.717) is 36.0 Å². The van der Waals surface area contributed by atoms with Gasteiger partial charge in [0, 0.05) is 19.5 Å². The number of amides is 1. The minimum atomic E-state index is -0.884. The van der Waals surface area contributed by atoms with Crippen LogP contribution >= 0.6 is 0 Å². The van der Waals surface area contributed by atoms with E-state index in [-0.39, 0.29) is 18.6 Å². The summed E-state index contributed by atoms with van der Waals surface area (Å²) in [6.07, 6.45) is 5.58. The first-order valence-corrected chi connectivity index (χ1v) is 10.3. The lowest BCUT2D eigenvalue weighted by atomic mass is 9.79. The van der Waals surface area contributed by atoms with E-state index in [1.165, 1.54) is 0 Å². The summed E-state index contributed by atoms with van der Waals surface area (Å²) in [6.45, 7) is 4.00. The van der Waals surface area contributed by atoms with Crippen LogP contribution in [-0.4, -0.2) is 48.7 Å². The molecular weight excluding hydrogens is 383 g/mol. The maximum atomic E-state index is 12.5. The summed E-state index contributed by atoms with van der Waals surface area (Å²) in [5, 5.41) is 19.1. The molecule has 3 aliphatic rings. The summed E-state index contributed by atoms with van der Waals surface area (Å²) < 4.78 is 17.0. The van der Waals surface area contributed by atoms with Crippen LogP contribution in [0.25, 0.3) is 0 Å². The van der Waals surface area contributed by atoms with Crippen molar-refractivity contribution in [2.45, 2.75) is 38.9 Å². The average molecular weight is 408 g/mol. The van der Waals surface area contributed by atoms with Crippen LogP contribution < -0.4 is 10.2 Å². The highest BCUT2D eigenvalue weighted by Crippen LogP contribution is 2.26. The largest absolute Gasteiger partial charge is 0.491 e. The van der Waals surface area contributed by atoms with E-state index in [1.807, 2.05) is 17.0 Å². The maximum absolute atomic E-state index is 12.5. The number of allylic oxidation sites excluding steroid dienone is 2. The van der Waals surface area contributed by atoms with Crippen LogP contribution in [0, 0.1) is 17.2 Å². The highest BCUT2D eigenvalue weighted by molar-refractivity contribution is 6.61. The SMILES string of the molecule is CC1CCN(C(=O)COC2=C(C#N)C=CC(Oc3ccc4c(c3)COB4O)C2)CC1. The number of nitrogens with zero attached hydrogens (tertiary/aromatic N) is 2. The number of carbonyl (C=O) groups is 1. The zero-order valence-electron chi connectivity index (χ0n) is 17.0. The van der Waals surface area contributed by atoms with Gasteiger partial charge in [-0.25, -0.2) is 0 Å². The lowest BCUT2D eigenvalue weighted by Gasteiger charge is -2.30. The van der Waals surface area contributed by atoms with Crippen LogP contribution in [0.3, 0.4) is 0 Å². The molecule has 0 bridgehead atoms. The highest BCUT2D eigenvalue weighted by atomic mass is 16.5. The number of benzene rings is 1. The number of hydrogen-bond acceptors (Lipinski definition) is 6. The van der Waals surface area contributed by atoms with Crippen LogP contribution in [0.4, 0.5) is 0 Å². The lowest BCUT2D eigenvalue weighted by molar-refractivity contribution is -0.136. The fourth-order valence-electron chi connectivity index (χ4n) is 3.93. The van der Waals surface area contributed by atoms with E-state index >= 15 is 0 Å². The fraction of sp³-hybridized carbons (Fsp3) is 0.455. The van der Waals surface area contributed by atoms with Crippen molar-refractivity contribution in [3.63, 3.8) is 0 Å². The fourth-order valence-corrected chi connectivity index (χ4v) is 3.93. The van der Waals surface area contributed by atoms with E-state index in [2.05, 4.69) is 13.0 Å². The summed E-state index contributed by atoms with van der Waals surface area (Å²) in [6, 6.07) is 7.56. The second kappa shape index (κ2) is 8.94. The molecule has 0 aromatic heterocycles. The van der Waals surface area contributed by atoms with E-state index in [4.69, 9.17) is 14.1 Å². The molecule has 2 aliphatic heterocycles. The predicted molar refractivity (Wildman–Crippen MR) is 111 cm³/mol. The number of fused-ring (bicyclic) bond motifs is 1. The molecule has 1 aliphatic carbocycles. The van der Waals surface area contributed by atoms with E-state index in [1.54, 1.807) is 18.2 Å². The third-order valence-corrected chi connectivity index (χ3v) is 5.86. The molecule has 1 aromatic carbocycles. The van der Waals surface area contributed by atoms with Crippen molar-refractivity contribution in [1.29, 1.82) is 5.26 Å². The molecule has 1 N–H and O–H groups in total. The molecule has 0 spiro atoms. The molecule has 7 nitrogen and oxygen atoms in total. The van der Waals surface area contributed by atoms with Gasteiger partial charge in [-0.2, -0.15) is 5.26 Å². The first kappa shape index (κ1) is 20.5. The van der Waals surface area contributed by atoms with Crippen LogP contribution in [0.1, 0.15) is 31.7 Å². The summed E-state index contributed by atoms with van der Waals surface area (Å²) >= 11 is 0. The quantitative estimate of drug-likeness (QED) is 0.746. The molecule has 0 saturated carbocycles. The summed E-state index contributed by atoms with van der Waals surface area (Å²) in [4.78, 5) is 14.3. The minimum absolute atomic E-state index is 0.0455. The Morgan fingerprint density at radius 3 is 2.97 bits per heavy atom. The molecule has 1 amide bonds. The van der Waals surface area contributed by atoms with Gasteiger partial charge in [0.1, 0.15) is 23.7 Å². The number of ether oxygens (including phenoxy) is 2. The first-order chi connectivity index (χ1) is 14.5. The Morgan fingerprint density at radius 2 is 2.20 bits per heavy atom. The zero-order valence-corrected chi connectivity index (χ0v) is 17.0. The van der Waals surface area contributed by atoms with Gasteiger partial charge in [-0.05, 0) is 54.1 Å². The number of rotatable bonds is 5. The highest BCUT2D eigenvalue weighted by Gasteiger charge is 2.28. The van der Waals surface area contributed by atoms with E-state index in [0.717, 1.165) is 37.0 Å². The van der Waals surface area contributed by atoms with Gasteiger partial charge in [0.15, 0.2) is 6.61 Å². The average Bonchev–Trinajstić information content (AvgIpc) is 3.13. The third-order valence-electron chi connectivity index (χ3n) is 5.86. The molecule has 1 saturated heterocycles. The van der Waals surface area contributed by atoms with Gasteiger partial charge in [-0.1, -0.05) is 13.0 Å². The Labute approximate surface area is 176 Å². The van der Waals surface area contributed by atoms with Crippen LogP contribution in [0.15, 0.2) is 41.7 Å². The van der Waals surface area contributed by atoms with Gasteiger partial charge in [0.25, 0.3) is 5.91 Å². The van der Waals surface area contributed by atoms with Crippen molar-refractivity contribution in [3.05, 3.63) is 47.2 Å². The molecule has 1 aromatic rings. The first-order valence-electron chi connectivity index (χ1n) is 10.3. The molecule has 1 unspecified atom stereocenters. The number of carbonyl (C=O) groups excluding carboxylic acids is 1. The van der Waals surface area contributed by atoms with Gasteiger partial charge in [-0.15, -0.1) is 0 Å². The molecule has 2 heterocycles. The monoisotopic (exact) mass is 408 g/mol. The zero-order chi connectivity index (χ0) is 21.1. The Balaban J connectivity index is 1.35. The predicted octanol–water partition coefficient (Wildman–Crippen LogP) is 1.66. The second-order valence-electron chi connectivity index (χ2n) is 8.04. The maximum Gasteiger partial charge on any atom is 0.491 e. The summed E-state index contributed by atoms with van der Waals surface area (Å²) in [7, 11) is -0.884. The van der Waals surface area contributed by atoms with Crippen LogP contribution in [-0.2, 0) is 20.8 Å². The van der Waals surface area contributed by atoms with Gasteiger partial charge < -0.3 is 24.1 Å². The summed E-state index contributed by atoms with van der Waals surface area (Å²) in [5.74, 6) is 1.73. The topological polar surface area (TPSA) is 92.0 Å². The molecule has 156 valence electrons. The standard InChI is InChI=1S/C22H25BN2O5/c1-15-6-8-25(9-7-15)22(26)14-28-21-11-19(3-2-16(21)12-24)30-18-4-5-20-17(10-18)13-29-23(20)27/h2-5,10,15,19,27H,6-9,11,13-14H2,1H3. The van der Waals surface area contributed by atoms with Gasteiger partial charge in [0.2, 0.25) is 0 Å². The van der Waals surface area contributed by atoms with Crippen molar-refractivity contribution in [2.75, 3.05) is 19.7 Å². The van der Waals surface area contributed by atoms with Crippen LogP contribution in [0.5, 0.6) is 5.75 Å². The lowest BCUT2D eigenvalue weighted by Crippen LogP contribution is -2.40. The van der Waals surface area contributed by atoms with E-state index in [9.17, 15) is 15.1 Å². The number of nitriles is 1. The van der Waals surface area contributed by atoms with E-state index < -0.39 is 7.12 Å². The second-order valence-corrected chi connectivity index (χ2v) is 8.04. The Bertz CT molecular complexity index is 915. The molecule has 1 atom stereocenters. The molecule has 30 heavy (non-hydrogen) atoms. The van der Waals surface area contributed by atoms with Crippen molar-refractivity contribution in [2.24, 2.45) is 5.92 Å². The molecule has 4 rings (SSSR count). The molecular formula is C22H25BN2O5. The van der Waals surface area contributed by atoms with Gasteiger partial charge in [-0.3, -0.25) is 4.79 Å². The molecule has 0 radical (unpaired) electrons. The van der Waals surface area contributed by atoms with Crippen LogP contribution in [0.2, 0.25) is 0 Å². The summed E-state index contributed by atoms with van der Waals surface area (Å²) in [5.41, 5.74) is 2.06. The van der Waals surface area contributed by atoms with Crippen molar-refractivity contribution in [3.8, 4) is 11.8 Å². The number of piperidine rings is 1. The number of hydrogen-bond donors (Lipinski definition) is 1. The Hall–Kier alpha value is -2.76. The normalized spacial score (nSPS) is 21.4. The Morgan fingerprint density at radius 1 is 1.40 bits per heavy atom. The van der Waals surface area contributed by atoms with Gasteiger partial charge in [0.05, 0.1) is 12.2 Å². The number of likely N-dealkylation sites (tertiary alicyclic amines) is 1. The Kier molecular flexibility index (Phi) is 6.12. The molecule has 8 heteroatoms. The van der Waals surface area contributed by atoms with Crippen molar-refractivity contribution in [1.82, 2.24) is 4.90 Å². The van der Waals surface area contributed by atoms with Crippen molar-refractivity contribution >= 4 is 18.5 Å². The minimum Gasteiger partial charge on any atom is -0.487 e. The van der Waals surface area contributed by atoms with Gasteiger partial charge >= 0.3 is 7.12 Å². The third kappa shape index (κ3) is 4.53. The molecule has 1 fully saturated rings. The van der Waals surface area contributed by atoms with Crippen molar-refractivity contribution < 1.29 is 23.9 Å².